The molecule has 1 aliphatic heterocycles. The standard InChI is InChI=1S/C17H20N2O5/c1-10(16(22)19(2)3)24-17(23)12-6-4-11(5-7-12)8-13-9-14(20)18-15(13)21/h4-7,10,13H,8-9H2,1-3H3,(H,18,20,21)/t10-,13-/m0/s1. The molecule has 3 amide bonds. The molecular weight excluding hydrogens is 312 g/mol. The van der Waals surface area contributed by atoms with E-state index in [1.807, 2.05) is 0 Å². The SMILES string of the molecule is C[C@H](OC(=O)c1ccc(C[C@H]2CC(=O)NC2=O)cc1)C(=O)N(C)C. The number of esters is 1. The molecule has 0 saturated carbocycles. The van der Waals surface area contributed by atoms with Crippen molar-refractivity contribution in [2.45, 2.75) is 25.9 Å². The highest BCUT2D eigenvalue weighted by atomic mass is 16.5. The van der Waals surface area contributed by atoms with E-state index in [1.54, 1.807) is 38.4 Å². The molecule has 0 spiro atoms. The average Bonchev–Trinajstić information content (AvgIpc) is 2.84. The molecule has 0 aromatic heterocycles. The van der Waals surface area contributed by atoms with Crippen LogP contribution in [0.4, 0.5) is 0 Å². The lowest BCUT2D eigenvalue weighted by molar-refractivity contribution is -0.137. The Morgan fingerprint density at radius 3 is 2.38 bits per heavy atom. The molecule has 128 valence electrons. The van der Waals surface area contributed by atoms with Crippen LogP contribution in [-0.4, -0.2) is 48.8 Å². The fourth-order valence-electron chi connectivity index (χ4n) is 2.48. The highest BCUT2D eigenvalue weighted by molar-refractivity contribution is 6.03. The molecular formula is C17H20N2O5. The van der Waals surface area contributed by atoms with Gasteiger partial charge in [0.05, 0.1) is 11.5 Å². The summed E-state index contributed by atoms with van der Waals surface area (Å²) in [7, 11) is 3.18. The van der Waals surface area contributed by atoms with Gasteiger partial charge in [0.1, 0.15) is 0 Å². The van der Waals surface area contributed by atoms with Gasteiger partial charge in [-0.25, -0.2) is 4.79 Å². The number of benzene rings is 1. The van der Waals surface area contributed by atoms with E-state index in [4.69, 9.17) is 4.74 Å². The summed E-state index contributed by atoms with van der Waals surface area (Å²) in [5.41, 5.74) is 1.17. The smallest absolute Gasteiger partial charge is 0.338 e. The summed E-state index contributed by atoms with van der Waals surface area (Å²) >= 11 is 0. The molecule has 1 heterocycles. The zero-order valence-electron chi connectivity index (χ0n) is 13.9. The molecule has 1 aromatic rings. The van der Waals surface area contributed by atoms with Crippen LogP contribution in [-0.2, 0) is 25.5 Å². The largest absolute Gasteiger partial charge is 0.449 e. The summed E-state index contributed by atoms with van der Waals surface area (Å²) in [6.07, 6.45) is -0.241. The van der Waals surface area contributed by atoms with Crippen LogP contribution in [0.1, 0.15) is 29.3 Å². The Kier molecular flexibility index (Phi) is 5.33. The molecule has 1 fully saturated rings. The van der Waals surface area contributed by atoms with Gasteiger partial charge in [-0.1, -0.05) is 12.1 Å². The number of amides is 3. The van der Waals surface area contributed by atoms with Crippen LogP contribution >= 0.6 is 0 Å². The van der Waals surface area contributed by atoms with E-state index < -0.39 is 12.1 Å². The molecule has 0 radical (unpaired) electrons. The second-order valence-corrected chi connectivity index (χ2v) is 5.99. The fraction of sp³-hybridized carbons (Fsp3) is 0.412. The van der Waals surface area contributed by atoms with Gasteiger partial charge >= 0.3 is 5.97 Å². The highest BCUT2D eigenvalue weighted by Gasteiger charge is 2.30. The maximum absolute atomic E-state index is 12.0. The summed E-state index contributed by atoms with van der Waals surface area (Å²) < 4.78 is 5.13. The first-order valence-electron chi connectivity index (χ1n) is 7.62. The van der Waals surface area contributed by atoms with Gasteiger partial charge < -0.3 is 9.64 Å². The topological polar surface area (TPSA) is 92.8 Å². The summed E-state index contributed by atoms with van der Waals surface area (Å²) in [4.78, 5) is 47.8. The zero-order valence-corrected chi connectivity index (χ0v) is 13.9. The van der Waals surface area contributed by atoms with Crippen molar-refractivity contribution < 1.29 is 23.9 Å². The summed E-state index contributed by atoms with van der Waals surface area (Å²) in [5, 5.41) is 2.27. The Morgan fingerprint density at radius 1 is 1.25 bits per heavy atom. The summed E-state index contributed by atoms with van der Waals surface area (Å²) in [6.45, 7) is 1.52. The first-order chi connectivity index (χ1) is 11.3. The minimum Gasteiger partial charge on any atom is -0.449 e. The van der Waals surface area contributed by atoms with Crippen LogP contribution in [0, 0.1) is 5.92 Å². The maximum Gasteiger partial charge on any atom is 0.338 e. The van der Waals surface area contributed by atoms with E-state index in [1.165, 1.54) is 11.8 Å². The van der Waals surface area contributed by atoms with E-state index in [0.29, 0.717) is 12.0 Å². The molecule has 0 aliphatic carbocycles. The zero-order chi connectivity index (χ0) is 17.9. The number of imide groups is 1. The lowest BCUT2D eigenvalue weighted by atomic mass is 9.97. The number of nitrogens with one attached hydrogen (secondary N) is 1. The molecule has 0 bridgehead atoms. The van der Waals surface area contributed by atoms with Gasteiger partial charge in [-0.3, -0.25) is 19.7 Å². The van der Waals surface area contributed by atoms with Gasteiger partial charge in [0.15, 0.2) is 6.10 Å². The molecule has 1 saturated heterocycles. The lowest BCUT2D eigenvalue weighted by Crippen LogP contribution is -2.34. The maximum atomic E-state index is 12.0. The van der Waals surface area contributed by atoms with Crippen molar-refractivity contribution in [3.05, 3.63) is 35.4 Å². The summed E-state index contributed by atoms with van der Waals surface area (Å²) in [6, 6.07) is 6.59. The van der Waals surface area contributed by atoms with Crippen molar-refractivity contribution in [1.82, 2.24) is 10.2 Å². The number of ether oxygens (including phenoxy) is 1. The average molecular weight is 332 g/mol. The number of likely N-dealkylation sites (N-methyl/N-ethyl adjacent to an activating group) is 1. The van der Waals surface area contributed by atoms with Gasteiger partial charge in [0.2, 0.25) is 11.8 Å². The Balaban J connectivity index is 1.96. The molecule has 1 N–H and O–H groups in total. The Labute approximate surface area is 140 Å². The monoisotopic (exact) mass is 332 g/mol. The first kappa shape index (κ1) is 17.7. The van der Waals surface area contributed by atoms with E-state index >= 15 is 0 Å². The molecule has 1 aromatic carbocycles. The fourth-order valence-corrected chi connectivity index (χ4v) is 2.48. The molecule has 24 heavy (non-hydrogen) atoms. The van der Waals surface area contributed by atoms with E-state index in [0.717, 1.165) is 5.56 Å². The number of rotatable bonds is 5. The second kappa shape index (κ2) is 7.25. The van der Waals surface area contributed by atoms with Crippen molar-refractivity contribution >= 4 is 23.7 Å². The predicted octanol–water partition coefficient (Wildman–Crippen LogP) is 0.525. The van der Waals surface area contributed by atoms with Crippen molar-refractivity contribution in [3.8, 4) is 0 Å². The first-order valence-corrected chi connectivity index (χ1v) is 7.62. The van der Waals surface area contributed by atoms with Gasteiger partial charge in [-0.15, -0.1) is 0 Å². The van der Waals surface area contributed by atoms with Crippen LogP contribution < -0.4 is 5.32 Å². The molecule has 2 atom stereocenters. The Hall–Kier alpha value is -2.70. The van der Waals surface area contributed by atoms with Gasteiger partial charge in [0.25, 0.3) is 5.91 Å². The molecule has 0 unspecified atom stereocenters. The van der Waals surface area contributed by atoms with Crippen LogP contribution in [0.2, 0.25) is 0 Å². The normalized spacial score (nSPS) is 18.0. The quantitative estimate of drug-likeness (QED) is 0.627. The number of hydrogen-bond donors (Lipinski definition) is 1. The van der Waals surface area contributed by atoms with Crippen molar-refractivity contribution in [1.29, 1.82) is 0 Å². The molecule has 7 heteroatoms. The van der Waals surface area contributed by atoms with E-state index in [2.05, 4.69) is 5.32 Å². The van der Waals surface area contributed by atoms with E-state index in [9.17, 15) is 19.2 Å². The number of carbonyl (C=O) groups excluding carboxylic acids is 4. The van der Waals surface area contributed by atoms with Crippen LogP contribution in [0.5, 0.6) is 0 Å². The molecule has 1 aliphatic rings. The second-order valence-electron chi connectivity index (χ2n) is 5.99. The van der Waals surface area contributed by atoms with Gasteiger partial charge in [0, 0.05) is 20.5 Å². The highest BCUT2D eigenvalue weighted by Crippen LogP contribution is 2.18. The third-order valence-corrected chi connectivity index (χ3v) is 3.81. The van der Waals surface area contributed by atoms with Crippen molar-refractivity contribution in [2.24, 2.45) is 5.92 Å². The number of carbonyl (C=O) groups is 4. The third kappa shape index (κ3) is 4.18. The lowest BCUT2D eigenvalue weighted by Gasteiger charge is -2.17. The van der Waals surface area contributed by atoms with Crippen LogP contribution in [0.3, 0.4) is 0 Å². The van der Waals surface area contributed by atoms with Crippen LogP contribution in [0.25, 0.3) is 0 Å². The van der Waals surface area contributed by atoms with Crippen molar-refractivity contribution in [2.75, 3.05) is 14.1 Å². The molecule has 2 rings (SSSR count). The Morgan fingerprint density at radius 2 is 1.88 bits per heavy atom. The van der Waals surface area contributed by atoms with Gasteiger partial charge in [-0.05, 0) is 31.0 Å². The number of hydrogen-bond acceptors (Lipinski definition) is 5. The third-order valence-electron chi connectivity index (χ3n) is 3.81. The molecule has 7 nitrogen and oxygen atoms in total. The predicted molar refractivity (Wildman–Crippen MR) is 85.0 cm³/mol. The number of nitrogens with zero attached hydrogens (tertiary/aromatic N) is 1. The Bertz CT molecular complexity index is 666. The van der Waals surface area contributed by atoms with Crippen molar-refractivity contribution in [3.63, 3.8) is 0 Å². The van der Waals surface area contributed by atoms with Crippen LogP contribution in [0.15, 0.2) is 24.3 Å². The minimum absolute atomic E-state index is 0.187. The van der Waals surface area contributed by atoms with Gasteiger partial charge in [-0.2, -0.15) is 0 Å². The van der Waals surface area contributed by atoms with E-state index in [-0.39, 0.29) is 30.1 Å². The minimum atomic E-state index is -0.861. The summed E-state index contributed by atoms with van der Waals surface area (Å²) in [5.74, 6) is -1.77.